The van der Waals surface area contributed by atoms with Gasteiger partial charge < -0.3 is 34.9 Å². The molecular weight excluding hydrogens is 470 g/mol. The van der Waals surface area contributed by atoms with Gasteiger partial charge in [0, 0.05) is 36.1 Å². The molecule has 2 aromatic carbocycles. The van der Waals surface area contributed by atoms with Crippen molar-refractivity contribution in [1.82, 2.24) is 15.2 Å². The van der Waals surface area contributed by atoms with E-state index in [1.807, 2.05) is 17.0 Å². The minimum atomic E-state index is -0.843. The van der Waals surface area contributed by atoms with Crippen LogP contribution >= 0.6 is 0 Å². The molecule has 37 heavy (non-hydrogen) atoms. The van der Waals surface area contributed by atoms with Crippen LogP contribution in [-0.4, -0.2) is 79.1 Å². The Labute approximate surface area is 218 Å². The van der Waals surface area contributed by atoms with Crippen molar-refractivity contribution in [3.8, 4) is 22.8 Å². The van der Waals surface area contributed by atoms with Crippen molar-refractivity contribution in [1.29, 1.82) is 0 Å². The van der Waals surface area contributed by atoms with Crippen LogP contribution < -0.4 is 14.8 Å². The fourth-order valence-electron chi connectivity index (χ4n) is 5.29. The van der Waals surface area contributed by atoms with Gasteiger partial charge in [-0.05, 0) is 66.1 Å². The van der Waals surface area contributed by atoms with Crippen LogP contribution in [0.3, 0.4) is 0 Å². The van der Waals surface area contributed by atoms with Crippen LogP contribution in [0.5, 0.6) is 11.5 Å². The first-order chi connectivity index (χ1) is 17.9. The molecule has 4 rings (SSSR count). The van der Waals surface area contributed by atoms with Gasteiger partial charge in [0.2, 0.25) is 5.91 Å². The monoisotopic (exact) mass is 509 g/mol. The molecule has 0 saturated carbocycles. The number of aliphatic hydroxyl groups is 2. The number of piperidine rings is 1. The first-order valence-corrected chi connectivity index (χ1v) is 13.0. The van der Waals surface area contributed by atoms with Gasteiger partial charge in [-0.2, -0.15) is 0 Å². The second kappa shape index (κ2) is 12.0. The van der Waals surface area contributed by atoms with Crippen molar-refractivity contribution >= 4 is 16.8 Å². The lowest BCUT2D eigenvalue weighted by molar-refractivity contribution is -0.131. The topological polar surface area (TPSA) is 107 Å². The summed E-state index contributed by atoms with van der Waals surface area (Å²) in [5.74, 6) is 2.17. The number of carbonyl (C=O) groups excluding carboxylic acids is 1. The summed E-state index contributed by atoms with van der Waals surface area (Å²) in [5, 5.41) is 22.5. The van der Waals surface area contributed by atoms with Crippen molar-refractivity contribution in [3.63, 3.8) is 0 Å². The number of likely N-dealkylation sites (tertiary alicyclic amines) is 1. The van der Waals surface area contributed by atoms with Crippen molar-refractivity contribution in [2.24, 2.45) is 0 Å². The number of rotatable bonds is 10. The van der Waals surface area contributed by atoms with Crippen LogP contribution in [-0.2, 0) is 4.79 Å². The van der Waals surface area contributed by atoms with Crippen LogP contribution in [0.2, 0.25) is 0 Å². The highest BCUT2D eigenvalue weighted by Crippen LogP contribution is 2.40. The predicted molar refractivity (Wildman–Crippen MR) is 145 cm³/mol. The maximum atomic E-state index is 12.5. The Kier molecular flexibility index (Phi) is 8.74. The first-order valence-electron chi connectivity index (χ1n) is 13.0. The van der Waals surface area contributed by atoms with Gasteiger partial charge in [-0.1, -0.05) is 19.9 Å². The van der Waals surface area contributed by atoms with Crippen LogP contribution in [0, 0.1) is 0 Å². The highest BCUT2D eigenvalue weighted by molar-refractivity contribution is 5.92. The number of aromatic amines is 1. The molecule has 3 aromatic rings. The highest BCUT2D eigenvalue weighted by atomic mass is 16.5. The molecular formula is C29H39N3O5. The number of methoxy groups -OCH3 is 2. The lowest BCUT2D eigenvalue weighted by Gasteiger charge is -2.32. The number of fused-ring (bicyclic) bond motifs is 1. The Morgan fingerprint density at radius 3 is 2.49 bits per heavy atom. The number of H-pyrrole nitrogens is 1. The predicted octanol–water partition coefficient (Wildman–Crippen LogP) is 3.62. The zero-order chi connectivity index (χ0) is 26.5. The van der Waals surface area contributed by atoms with E-state index in [0.29, 0.717) is 36.4 Å². The fourth-order valence-corrected chi connectivity index (χ4v) is 5.29. The number of aliphatic hydroxyl groups excluding tert-OH is 2. The van der Waals surface area contributed by atoms with Crippen molar-refractivity contribution < 1.29 is 24.5 Å². The molecule has 1 atom stereocenters. The summed E-state index contributed by atoms with van der Waals surface area (Å²) >= 11 is 0. The number of hydrogen-bond donors (Lipinski definition) is 4. The Morgan fingerprint density at radius 1 is 1.11 bits per heavy atom. The molecule has 1 aromatic heterocycles. The van der Waals surface area contributed by atoms with Crippen LogP contribution in [0.4, 0.5) is 0 Å². The first kappa shape index (κ1) is 27.0. The molecule has 1 saturated heterocycles. The number of carbonyl (C=O) groups is 1. The van der Waals surface area contributed by atoms with Gasteiger partial charge in [0.15, 0.2) is 11.5 Å². The van der Waals surface area contributed by atoms with Gasteiger partial charge >= 0.3 is 0 Å². The fraction of sp³-hybridized carbons (Fsp3) is 0.483. The van der Waals surface area contributed by atoms with E-state index in [1.165, 1.54) is 16.5 Å². The standard InChI is InChI=1S/C29H39N3O5/c1-18(2)28-23-13-20(19-9-11-32(12-10-19)27(35)16-30-15-22(34)17-33)5-7-24(23)31-29(28)21-6-8-25(36-3)26(14-21)37-4/h5-8,13-14,18-19,22,30-31,33-34H,9-12,15-17H2,1-4H3/t22-/m0/s1. The largest absolute Gasteiger partial charge is 0.493 e. The van der Waals surface area contributed by atoms with Crippen molar-refractivity contribution in [2.45, 2.75) is 44.6 Å². The maximum absolute atomic E-state index is 12.5. The Morgan fingerprint density at radius 2 is 1.84 bits per heavy atom. The van der Waals surface area contributed by atoms with E-state index in [2.05, 4.69) is 48.4 Å². The Hall–Kier alpha value is -3.07. The summed E-state index contributed by atoms with van der Waals surface area (Å²) < 4.78 is 11.0. The number of aromatic nitrogens is 1. The minimum absolute atomic E-state index is 0.0336. The smallest absolute Gasteiger partial charge is 0.236 e. The number of ether oxygens (including phenoxy) is 2. The molecule has 8 heteroatoms. The molecule has 1 aliphatic rings. The zero-order valence-corrected chi connectivity index (χ0v) is 22.2. The third-order valence-electron chi connectivity index (χ3n) is 7.30. The molecule has 0 bridgehead atoms. The van der Waals surface area contributed by atoms with Crippen molar-refractivity contribution in [3.05, 3.63) is 47.5 Å². The molecule has 2 heterocycles. The van der Waals surface area contributed by atoms with Gasteiger partial charge in [-0.3, -0.25) is 4.79 Å². The molecule has 1 aliphatic heterocycles. The van der Waals surface area contributed by atoms with E-state index in [0.717, 1.165) is 29.6 Å². The van der Waals surface area contributed by atoms with E-state index in [4.69, 9.17) is 14.6 Å². The summed E-state index contributed by atoms with van der Waals surface area (Å²) in [6.07, 6.45) is 0.992. The van der Waals surface area contributed by atoms with E-state index < -0.39 is 6.10 Å². The number of nitrogens with one attached hydrogen (secondary N) is 2. The normalized spacial score (nSPS) is 15.4. The SMILES string of the molecule is COc1ccc(-c2[nH]c3ccc(C4CCN(C(=O)CNC[C@H](O)CO)CC4)cc3c2C(C)C)cc1OC. The third kappa shape index (κ3) is 5.92. The molecule has 0 aliphatic carbocycles. The van der Waals surface area contributed by atoms with Gasteiger partial charge in [0.05, 0.1) is 39.2 Å². The second-order valence-corrected chi connectivity index (χ2v) is 10.1. The third-order valence-corrected chi connectivity index (χ3v) is 7.30. The summed E-state index contributed by atoms with van der Waals surface area (Å²) in [4.78, 5) is 18.1. The van der Waals surface area contributed by atoms with Gasteiger partial charge in [-0.15, -0.1) is 0 Å². The summed E-state index contributed by atoms with van der Waals surface area (Å²) in [5.41, 5.74) is 5.87. The molecule has 4 N–H and O–H groups in total. The number of nitrogens with zero attached hydrogens (tertiary/aromatic N) is 1. The molecule has 1 amide bonds. The summed E-state index contributed by atoms with van der Waals surface area (Å²) in [6, 6.07) is 12.7. The lowest BCUT2D eigenvalue weighted by Crippen LogP contribution is -2.44. The van der Waals surface area contributed by atoms with E-state index in [9.17, 15) is 9.90 Å². The van der Waals surface area contributed by atoms with E-state index in [-0.39, 0.29) is 25.6 Å². The number of amides is 1. The number of hydrogen-bond acceptors (Lipinski definition) is 6. The average molecular weight is 510 g/mol. The summed E-state index contributed by atoms with van der Waals surface area (Å²) in [6.45, 7) is 5.94. The summed E-state index contributed by atoms with van der Waals surface area (Å²) in [7, 11) is 3.29. The molecule has 0 spiro atoms. The minimum Gasteiger partial charge on any atom is -0.493 e. The Balaban J connectivity index is 1.52. The number of benzene rings is 2. The average Bonchev–Trinajstić information content (AvgIpc) is 3.31. The van der Waals surface area contributed by atoms with Crippen LogP contribution in [0.15, 0.2) is 36.4 Å². The van der Waals surface area contributed by atoms with Crippen LogP contribution in [0.25, 0.3) is 22.2 Å². The molecule has 0 radical (unpaired) electrons. The van der Waals surface area contributed by atoms with Gasteiger partial charge in [0.25, 0.3) is 0 Å². The molecule has 1 fully saturated rings. The quantitative estimate of drug-likeness (QED) is 0.333. The van der Waals surface area contributed by atoms with E-state index >= 15 is 0 Å². The maximum Gasteiger partial charge on any atom is 0.236 e. The molecule has 0 unspecified atom stereocenters. The van der Waals surface area contributed by atoms with Gasteiger partial charge in [-0.25, -0.2) is 0 Å². The van der Waals surface area contributed by atoms with E-state index in [1.54, 1.807) is 14.2 Å². The Bertz CT molecular complexity index is 1210. The lowest BCUT2D eigenvalue weighted by atomic mass is 9.87. The van der Waals surface area contributed by atoms with Gasteiger partial charge in [0.1, 0.15) is 0 Å². The second-order valence-electron chi connectivity index (χ2n) is 10.1. The highest BCUT2D eigenvalue weighted by Gasteiger charge is 2.25. The van der Waals surface area contributed by atoms with Crippen molar-refractivity contribution in [2.75, 3.05) is 47.0 Å². The zero-order valence-electron chi connectivity index (χ0n) is 22.2. The van der Waals surface area contributed by atoms with Crippen LogP contribution in [0.1, 0.15) is 49.7 Å². The molecule has 8 nitrogen and oxygen atoms in total. The molecule has 200 valence electrons.